The molecule has 0 bridgehead atoms. The molecule has 3 N–H and O–H groups in total. The van der Waals surface area contributed by atoms with Crippen LogP contribution in [-0.2, 0) is 9.53 Å². The van der Waals surface area contributed by atoms with Crippen molar-refractivity contribution in [2.24, 2.45) is 5.73 Å². The molecule has 1 aliphatic carbocycles. The smallest absolute Gasteiger partial charge is 0.410 e. The van der Waals surface area contributed by atoms with E-state index in [4.69, 9.17) is 10.5 Å². The molecule has 1 fully saturated rings. The maximum atomic E-state index is 12.6. The average Bonchev–Trinajstić information content (AvgIpc) is 2.38. The van der Waals surface area contributed by atoms with Gasteiger partial charge in [-0.3, -0.25) is 4.79 Å². The van der Waals surface area contributed by atoms with E-state index in [0.717, 1.165) is 25.7 Å². The maximum Gasteiger partial charge on any atom is 0.410 e. The van der Waals surface area contributed by atoms with Crippen molar-refractivity contribution in [2.75, 3.05) is 0 Å². The first-order valence-corrected chi connectivity index (χ1v) is 8.60. The maximum absolute atomic E-state index is 12.6. The predicted molar refractivity (Wildman–Crippen MR) is 91.0 cm³/mol. The molecule has 0 aromatic carbocycles. The minimum absolute atomic E-state index is 0.00246. The third kappa shape index (κ3) is 6.01. The Morgan fingerprint density at radius 3 is 2.22 bits per heavy atom. The molecule has 6 heteroatoms. The van der Waals surface area contributed by atoms with E-state index in [-0.39, 0.29) is 30.1 Å². The van der Waals surface area contributed by atoms with Gasteiger partial charge in [0.2, 0.25) is 5.91 Å². The van der Waals surface area contributed by atoms with Gasteiger partial charge < -0.3 is 20.7 Å². The molecule has 0 radical (unpaired) electrons. The molecule has 0 aromatic heterocycles. The van der Waals surface area contributed by atoms with E-state index < -0.39 is 11.6 Å². The van der Waals surface area contributed by atoms with Crippen LogP contribution in [0.4, 0.5) is 4.79 Å². The lowest BCUT2D eigenvalue weighted by Gasteiger charge is -2.42. The van der Waals surface area contributed by atoms with Gasteiger partial charge in [-0.1, -0.05) is 12.8 Å². The monoisotopic (exact) mass is 327 g/mol. The SMILES string of the molecule is CC(C)N(C(=O)OC(C)(C)C)[C@@H]1CCCC[C@@H]1NC(=O)[C@H](C)N. The van der Waals surface area contributed by atoms with Crippen LogP contribution < -0.4 is 11.1 Å². The molecule has 0 heterocycles. The molecule has 134 valence electrons. The molecule has 0 saturated heterocycles. The molecule has 1 rings (SSSR count). The highest BCUT2D eigenvalue weighted by Gasteiger charge is 2.37. The Bertz CT molecular complexity index is 416. The summed E-state index contributed by atoms with van der Waals surface area (Å²) in [5, 5.41) is 3.01. The highest BCUT2D eigenvalue weighted by atomic mass is 16.6. The van der Waals surface area contributed by atoms with Crippen molar-refractivity contribution >= 4 is 12.0 Å². The molecule has 6 nitrogen and oxygen atoms in total. The summed E-state index contributed by atoms with van der Waals surface area (Å²) in [4.78, 5) is 26.4. The number of rotatable bonds is 4. The lowest BCUT2D eigenvalue weighted by atomic mass is 9.88. The van der Waals surface area contributed by atoms with Crippen LogP contribution in [0.5, 0.6) is 0 Å². The van der Waals surface area contributed by atoms with Crippen LogP contribution in [0.3, 0.4) is 0 Å². The van der Waals surface area contributed by atoms with Crippen molar-refractivity contribution < 1.29 is 14.3 Å². The van der Waals surface area contributed by atoms with Gasteiger partial charge in [-0.05, 0) is 54.4 Å². The van der Waals surface area contributed by atoms with Crippen LogP contribution in [0.15, 0.2) is 0 Å². The number of carbonyl (C=O) groups excluding carboxylic acids is 2. The van der Waals surface area contributed by atoms with Gasteiger partial charge in [0.15, 0.2) is 0 Å². The summed E-state index contributed by atoms with van der Waals surface area (Å²) in [6.45, 7) is 11.2. The Morgan fingerprint density at radius 1 is 1.17 bits per heavy atom. The van der Waals surface area contributed by atoms with E-state index in [1.165, 1.54) is 0 Å². The van der Waals surface area contributed by atoms with Crippen LogP contribution in [0, 0.1) is 0 Å². The van der Waals surface area contributed by atoms with Gasteiger partial charge in [-0.15, -0.1) is 0 Å². The quantitative estimate of drug-likeness (QED) is 0.830. The molecule has 0 aromatic rings. The first-order valence-electron chi connectivity index (χ1n) is 8.60. The summed E-state index contributed by atoms with van der Waals surface area (Å²) in [6.07, 6.45) is 3.48. The van der Waals surface area contributed by atoms with E-state index in [1.807, 2.05) is 34.6 Å². The van der Waals surface area contributed by atoms with Crippen LogP contribution in [-0.4, -0.2) is 46.7 Å². The summed E-state index contributed by atoms with van der Waals surface area (Å²) in [6, 6.07) is -0.673. The zero-order valence-corrected chi connectivity index (χ0v) is 15.4. The molecule has 1 saturated carbocycles. The van der Waals surface area contributed by atoms with Crippen LogP contribution >= 0.6 is 0 Å². The fourth-order valence-electron chi connectivity index (χ4n) is 2.97. The lowest BCUT2D eigenvalue weighted by molar-refractivity contribution is -0.123. The molecular weight excluding hydrogens is 294 g/mol. The van der Waals surface area contributed by atoms with Crippen molar-refractivity contribution in [3.8, 4) is 0 Å². The second kappa shape index (κ2) is 7.99. The van der Waals surface area contributed by atoms with Crippen LogP contribution in [0.2, 0.25) is 0 Å². The van der Waals surface area contributed by atoms with Crippen LogP contribution in [0.1, 0.15) is 67.2 Å². The van der Waals surface area contributed by atoms with Crippen LogP contribution in [0.25, 0.3) is 0 Å². The summed E-state index contributed by atoms with van der Waals surface area (Å²) >= 11 is 0. The fourth-order valence-corrected chi connectivity index (χ4v) is 2.97. The largest absolute Gasteiger partial charge is 0.444 e. The number of hydrogen-bond acceptors (Lipinski definition) is 4. The highest BCUT2D eigenvalue weighted by Crippen LogP contribution is 2.26. The van der Waals surface area contributed by atoms with Gasteiger partial charge >= 0.3 is 6.09 Å². The Morgan fingerprint density at radius 2 is 1.74 bits per heavy atom. The molecule has 23 heavy (non-hydrogen) atoms. The standard InChI is InChI=1S/C17H33N3O3/c1-11(2)20(16(22)23-17(4,5)6)14-10-8-7-9-13(14)19-15(21)12(3)18/h11-14H,7-10,18H2,1-6H3,(H,19,21)/t12-,13-,14+/m0/s1. The molecular formula is C17H33N3O3. The minimum atomic E-state index is -0.549. The first kappa shape index (κ1) is 19.7. The van der Waals surface area contributed by atoms with E-state index in [0.29, 0.717) is 0 Å². The van der Waals surface area contributed by atoms with E-state index in [9.17, 15) is 9.59 Å². The number of nitrogens with zero attached hydrogens (tertiary/aromatic N) is 1. The van der Waals surface area contributed by atoms with E-state index in [2.05, 4.69) is 5.32 Å². The number of ether oxygens (including phenoxy) is 1. The van der Waals surface area contributed by atoms with Gasteiger partial charge in [0.1, 0.15) is 5.60 Å². The topological polar surface area (TPSA) is 84.7 Å². The normalized spacial score (nSPS) is 23.3. The number of carbonyl (C=O) groups is 2. The van der Waals surface area contributed by atoms with E-state index in [1.54, 1.807) is 11.8 Å². The van der Waals surface area contributed by atoms with Crippen molar-refractivity contribution in [1.82, 2.24) is 10.2 Å². The zero-order chi connectivity index (χ0) is 17.8. The highest BCUT2D eigenvalue weighted by molar-refractivity contribution is 5.81. The second-order valence-electron chi connectivity index (χ2n) is 7.74. The van der Waals surface area contributed by atoms with Crippen molar-refractivity contribution in [2.45, 2.75) is 97.0 Å². The molecule has 2 amide bonds. The molecule has 0 unspecified atom stereocenters. The third-order valence-corrected chi connectivity index (χ3v) is 3.99. The molecule has 0 spiro atoms. The van der Waals surface area contributed by atoms with Crippen molar-refractivity contribution in [3.05, 3.63) is 0 Å². The first-order chi connectivity index (χ1) is 10.5. The zero-order valence-electron chi connectivity index (χ0n) is 15.4. The number of nitrogens with one attached hydrogen (secondary N) is 1. The molecule has 0 aliphatic heterocycles. The second-order valence-corrected chi connectivity index (χ2v) is 7.74. The third-order valence-electron chi connectivity index (χ3n) is 3.99. The van der Waals surface area contributed by atoms with E-state index >= 15 is 0 Å². The average molecular weight is 327 g/mol. The summed E-state index contributed by atoms with van der Waals surface area (Å²) in [5.74, 6) is -0.171. The Hall–Kier alpha value is -1.30. The summed E-state index contributed by atoms with van der Waals surface area (Å²) in [7, 11) is 0. The molecule has 1 aliphatic rings. The van der Waals surface area contributed by atoms with Gasteiger partial charge in [-0.2, -0.15) is 0 Å². The summed E-state index contributed by atoms with van der Waals surface area (Å²) < 4.78 is 5.56. The predicted octanol–water partition coefficient (Wildman–Crippen LogP) is 2.41. The number of nitrogens with two attached hydrogens (primary N) is 1. The van der Waals surface area contributed by atoms with Gasteiger partial charge in [0.05, 0.1) is 12.1 Å². The van der Waals surface area contributed by atoms with Crippen molar-refractivity contribution in [1.29, 1.82) is 0 Å². The Kier molecular flexibility index (Phi) is 6.86. The van der Waals surface area contributed by atoms with Gasteiger partial charge in [0, 0.05) is 12.1 Å². The Balaban J connectivity index is 2.92. The molecule has 3 atom stereocenters. The number of amides is 2. The van der Waals surface area contributed by atoms with Crippen molar-refractivity contribution in [3.63, 3.8) is 0 Å². The van der Waals surface area contributed by atoms with Gasteiger partial charge in [-0.25, -0.2) is 4.79 Å². The minimum Gasteiger partial charge on any atom is -0.444 e. The Labute approximate surface area is 140 Å². The summed E-state index contributed by atoms with van der Waals surface area (Å²) in [5.41, 5.74) is 5.12. The fraction of sp³-hybridized carbons (Fsp3) is 0.882. The lowest BCUT2D eigenvalue weighted by Crippen LogP contribution is -2.59. The number of hydrogen-bond donors (Lipinski definition) is 2. The van der Waals surface area contributed by atoms with Gasteiger partial charge in [0.25, 0.3) is 0 Å².